The normalized spacial score (nSPS) is 10.3. The van der Waals surface area contributed by atoms with Crippen LogP contribution in [-0.4, -0.2) is 21.9 Å². The number of rotatable bonds is 4. The van der Waals surface area contributed by atoms with Crippen LogP contribution < -0.4 is 10.9 Å². The fourth-order valence-electron chi connectivity index (χ4n) is 2.04. The molecule has 0 aliphatic heterocycles. The first-order chi connectivity index (χ1) is 10.1. The molecule has 0 fully saturated rings. The van der Waals surface area contributed by atoms with Crippen molar-refractivity contribution in [2.75, 3.05) is 0 Å². The van der Waals surface area contributed by atoms with Crippen molar-refractivity contribution in [1.82, 2.24) is 15.3 Å². The summed E-state index contributed by atoms with van der Waals surface area (Å²) in [4.78, 5) is 30.5. The predicted octanol–water partition coefficient (Wildman–Crippen LogP) is 0.970. The number of nitrogens with zero attached hydrogens (tertiary/aromatic N) is 1. The zero-order chi connectivity index (χ0) is 15.4. The zero-order valence-electron chi connectivity index (χ0n) is 11.4. The summed E-state index contributed by atoms with van der Waals surface area (Å²) in [6.45, 7) is 1.59. The maximum absolute atomic E-state index is 12.4. The highest BCUT2D eigenvalue weighted by molar-refractivity contribution is 6.06. The van der Waals surface area contributed by atoms with Crippen molar-refractivity contribution in [3.05, 3.63) is 28.0 Å². The Morgan fingerprint density at radius 3 is 2.76 bits per heavy atom. The van der Waals surface area contributed by atoms with Crippen molar-refractivity contribution >= 4 is 17.0 Å². The molecular weight excluding hydrogens is 270 g/mol. The Morgan fingerprint density at radius 2 is 2.14 bits per heavy atom. The molecule has 106 valence electrons. The lowest BCUT2D eigenvalue weighted by molar-refractivity contribution is 0.0938. The molecule has 2 rings (SSSR count). The number of carbonyl (C=O) groups is 1. The average molecular weight is 283 g/mol. The van der Waals surface area contributed by atoms with Gasteiger partial charge in [0.05, 0.1) is 17.9 Å². The number of hydrogen-bond donors (Lipinski definition) is 2. The molecule has 0 radical (unpaired) electrons. The molecule has 0 aliphatic carbocycles. The fourth-order valence-corrected chi connectivity index (χ4v) is 2.04. The summed E-state index contributed by atoms with van der Waals surface area (Å²) < 4.78 is 5.33. The maximum atomic E-state index is 12.4. The fraction of sp³-hybridized carbons (Fsp3) is 0.267. The highest BCUT2D eigenvalue weighted by Gasteiger charge is 2.23. The number of furan rings is 1. The second kappa shape index (κ2) is 5.98. The van der Waals surface area contributed by atoms with Gasteiger partial charge in [-0.25, -0.2) is 4.98 Å². The number of fused-ring (bicyclic) bond motifs is 1. The number of aryl methyl sites for hydroxylation is 1. The Kier molecular flexibility index (Phi) is 4.10. The Morgan fingerprint density at radius 1 is 1.48 bits per heavy atom. The van der Waals surface area contributed by atoms with E-state index < -0.39 is 11.5 Å². The van der Waals surface area contributed by atoms with Gasteiger partial charge in [0.2, 0.25) is 5.71 Å². The van der Waals surface area contributed by atoms with Crippen LogP contribution in [0.15, 0.2) is 15.5 Å². The number of carbonyl (C=O) groups excluding carboxylic acids is 1. The molecule has 0 saturated carbocycles. The minimum Gasteiger partial charge on any atom is -0.442 e. The molecule has 6 nitrogen and oxygen atoms in total. The number of aromatic nitrogens is 2. The Labute approximate surface area is 121 Å². The van der Waals surface area contributed by atoms with Crippen LogP contribution in [0.4, 0.5) is 0 Å². The molecular formula is C15H13N3O3. The number of H-pyrrole nitrogens is 1. The van der Waals surface area contributed by atoms with E-state index in [1.54, 1.807) is 6.92 Å². The first kappa shape index (κ1) is 14.4. The van der Waals surface area contributed by atoms with Crippen molar-refractivity contribution in [3.63, 3.8) is 0 Å². The molecule has 0 aliphatic rings. The summed E-state index contributed by atoms with van der Waals surface area (Å²) in [6, 6.07) is -0.354. The van der Waals surface area contributed by atoms with Gasteiger partial charge in [-0.1, -0.05) is 0 Å². The third-order valence-electron chi connectivity index (χ3n) is 2.96. The summed E-state index contributed by atoms with van der Waals surface area (Å²) in [6.07, 6.45) is 12.3. The van der Waals surface area contributed by atoms with Gasteiger partial charge in [-0.15, -0.1) is 24.7 Å². The average Bonchev–Trinajstić information content (AvgIpc) is 2.77. The molecule has 0 spiro atoms. The maximum Gasteiger partial charge on any atom is 0.262 e. The molecule has 2 aromatic heterocycles. The largest absolute Gasteiger partial charge is 0.442 e. The summed E-state index contributed by atoms with van der Waals surface area (Å²) in [5, 5.41) is 2.84. The third-order valence-corrected chi connectivity index (χ3v) is 2.96. The van der Waals surface area contributed by atoms with Gasteiger partial charge in [0.25, 0.3) is 11.5 Å². The quantitative estimate of drug-likeness (QED) is 0.818. The smallest absolute Gasteiger partial charge is 0.262 e. The highest BCUT2D eigenvalue weighted by atomic mass is 16.3. The van der Waals surface area contributed by atoms with Crippen LogP contribution in [-0.2, 0) is 0 Å². The molecule has 0 aromatic carbocycles. The zero-order valence-corrected chi connectivity index (χ0v) is 11.4. The van der Waals surface area contributed by atoms with Crippen molar-refractivity contribution in [2.45, 2.75) is 25.8 Å². The molecule has 21 heavy (non-hydrogen) atoms. The summed E-state index contributed by atoms with van der Waals surface area (Å²) in [5.41, 5.74) is -0.169. The molecule has 6 heteroatoms. The monoisotopic (exact) mass is 283 g/mol. The van der Waals surface area contributed by atoms with Gasteiger partial charge in [0.1, 0.15) is 11.1 Å². The first-order valence-electron chi connectivity index (χ1n) is 6.23. The first-order valence-corrected chi connectivity index (χ1v) is 6.23. The summed E-state index contributed by atoms with van der Waals surface area (Å²) in [5.74, 6) is 4.76. The van der Waals surface area contributed by atoms with Gasteiger partial charge in [-0.2, -0.15) is 0 Å². The van der Waals surface area contributed by atoms with Crippen molar-refractivity contribution in [1.29, 1.82) is 0 Å². The Balaban J connectivity index is 2.40. The van der Waals surface area contributed by atoms with Crippen LogP contribution in [0.2, 0.25) is 0 Å². The van der Waals surface area contributed by atoms with Gasteiger partial charge in [-0.05, 0) is 6.92 Å². The lowest BCUT2D eigenvalue weighted by Crippen LogP contribution is -2.35. The van der Waals surface area contributed by atoms with Crippen molar-refractivity contribution in [3.8, 4) is 24.7 Å². The van der Waals surface area contributed by atoms with Gasteiger partial charge in [0, 0.05) is 12.8 Å². The van der Waals surface area contributed by atoms with E-state index in [0.717, 1.165) is 0 Å². The summed E-state index contributed by atoms with van der Waals surface area (Å²) >= 11 is 0. The second-order valence-corrected chi connectivity index (χ2v) is 4.43. The van der Waals surface area contributed by atoms with Crippen molar-refractivity contribution in [2.24, 2.45) is 0 Å². The summed E-state index contributed by atoms with van der Waals surface area (Å²) in [7, 11) is 0. The minimum atomic E-state index is -0.458. The predicted molar refractivity (Wildman–Crippen MR) is 77.5 cm³/mol. The molecule has 2 heterocycles. The Hall–Kier alpha value is -2.99. The van der Waals surface area contributed by atoms with Crippen LogP contribution in [0.5, 0.6) is 0 Å². The molecule has 0 unspecified atom stereocenters. The van der Waals surface area contributed by atoms with E-state index >= 15 is 0 Å². The van der Waals surface area contributed by atoms with Crippen LogP contribution in [0.25, 0.3) is 11.1 Å². The van der Waals surface area contributed by atoms with E-state index in [1.165, 1.54) is 6.33 Å². The van der Waals surface area contributed by atoms with E-state index in [2.05, 4.69) is 27.1 Å². The lowest BCUT2D eigenvalue weighted by atomic mass is 10.1. The molecule has 0 saturated heterocycles. The number of amides is 1. The SMILES string of the molecule is C#CCC(CC#C)NC(=O)c1c(C)oc2nc[nH]c(=O)c12. The topological polar surface area (TPSA) is 88.0 Å². The van der Waals surface area contributed by atoms with Crippen LogP contribution >= 0.6 is 0 Å². The van der Waals surface area contributed by atoms with Crippen LogP contribution in [0.3, 0.4) is 0 Å². The van der Waals surface area contributed by atoms with Gasteiger partial charge in [-0.3, -0.25) is 9.59 Å². The number of aromatic amines is 1. The van der Waals surface area contributed by atoms with E-state index in [0.29, 0.717) is 18.6 Å². The van der Waals surface area contributed by atoms with E-state index in [1.807, 2.05) is 0 Å². The van der Waals surface area contributed by atoms with E-state index in [9.17, 15) is 9.59 Å². The van der Waals surface area contributed by atoms with Crippen LogP contribution in [0, 0.1) is 31.6 Å². The third kappa shape index (κ3) is 2.80. The number of hydrogen-bond acceptors (Lipinski definition) is 4. The Bertz CT molecular complexity index is 801. The molecule has 1 amide bonds. The second-order valence-electron chi connectivity index (χ2n) is 4.43. The van der Waals surface area contributed by atoms with E-state index in [-0.39, 0.29) is 22.7 Å². The molecule has 2 aromatic rings. The van der Waals surface area contributed by atoms with Crippen LogP contribution in [0.1, 0.15) is 29.0 Å². The molecule has 0 bridgehead atoms. The minimum absolute atomic E-state index is 0.117. The highest BCUT2D eigenvalue weighted by Crippen LogP contribution is 2.20. The number of terminal acetylenes is 2. The molecule has 2 N–H and O–H groups in total. The standard InChI is InChI=1S/C15H13N3O3/c1-4-6-10(7-5-2)18-14(20)11-9(3)21-15-12(11)13(19)16-8-17-15/h1-2,8,10H,6-7H2,3H3,(H,18,20)(H,16,17,19). The van der Waals surface area contributed by atoms with Gasteiger partial charge >= 0.3 is 0 Å². The van der Waals surface area contributed by atoms with Crippen molar-refractivity contribution < 1.29 is 9.21 Å². The number of nitrogens with one attached hydrogen (secondary N) is 2. The lowest BCUT2D eigenvalue weighted by Gasteiger charge is -2.13. The van der Waals surface area contributed by atoms with Gasteiger partial charge < -0.3 is 14.7 Å². The van der Waals surface area contributed by atoms with E-state index in [4.69, 9.17) is 17.3 Å². The van der Waals surface area contributed by atoms with Gasteiger partial charge in [0.15, 0.2) is 0 Å². The molecule has 0 atom stereocenters.